The van der Waals surface area contributed by atoms with Crippen LogP contribution in [0.2, 0.25) is 10.0 Å². The molecular formula is C18H13Cl2F3N4OS. The maximum atomic E-state index is 12.8. The van der Waals surface area contributed by atoms with E-state index < -0.39 is 17.6 Å². The van der Waals surface area contributed by atoms with Crippen molar-refractivity contribution in [2.45, 2.75) is 11.3 Å². The van der Waals surface area contributed by atoms with Crippen molar-refractivity contribution in [3.8, 4) is 11.4 Å². The SMILES string of the molecule is Cn1c(SCC(=O)Nc2cc(C(F)(F)F)ccc2Cl)nnc1-c1ccccc1Cl. The van der Waals surface area contributed by atoms with Gasteiger partial charge < -0.3 is 9.88 Å². The van der Waals surface area contributed by atoms with Crippen molar-refractivity contribution >= 4 is 46.6 Å². The summed E-state index contributed by atoms with van der Waals surface area (Å²) in [5, 5.41) is 11.5. The third kappa shape index (κ3) is 5.04. The molecule has 0 aliphatic carbocycles. The summed E-state index contributed by atoms with van der Waals surface area (Å²) in [6.45, 7) is 0. The number of alkyl halides is 3. The summed E-state index contributed by atoms with van der Waals surface area (Å²) < 4.78 is 40.2. The Morgan fingerprint density at radius 1 is 1.14 bits per heavy atom. The minimum absolute atomic E-state index is 0.0102. The van der Waals surface area contributed by atoms with E-state index in [2.05, 4.69) is 15.5 Å². The number of aromatic nitrogens is 3. The predicted octanol–water partition coefficient (Wildman–Crippen LogP) is 5.54. The van der Waals surface area contributed by atoms with Crippen LogP contribution in [0.5, 0.6) is 0 Å². The molecule has 0 saturated heterocycles. The van der Waals surface area contributed by atoms with Crippen molar-refractivity contribution in [3.05, 3.63) is 58.1 Å². The van der Waals surface area contributed by atoms with Crippen LogP contribution in [0.25, 0.3) is 11.4 Å². The Kier molecular flexibility index (Phi) is 6.40. The lowest BCUT2D eigenvalue weighted by Gasteiger charge is -2.11. The first-order chi connectivity index (χ1) is 13.7. The lowest BCUT2D eigenvalue weighted by Crippen LogP contribution is -2.16. The monoisotopic (exact) mass is 460 g/mol. The summed E-state index contributed by atoms with van der Waals surface area (Å²) >= 11 is 13.1. The molecule has 0 atom stereocenters. The first kappa shape index (κ1) is 21.5. The van der Waals surface area contributed by atoms with Gasteiger partial charge >= 0.3 is 6.18 Å². The second kappa shape index (κ2) is 8.64. The first-order valence-corrected chi connectivity index (χ1v) is 9.84. The number of rotatable bonds is 5. The topological polar surface area (TPSA) is 59.8 Å². The number of nitrogens with zero attached hydrogens (tertiary/aromatic N) is 3. The van der Waals surface area contributed by atoms with Crippen LogP contribution in [0.4, 0.5) is 18.9 Å². The van der Waals surface area contributed by atoms with Gasteiger partial charge in [0.1, 0.15) is 0 Å². The van der Waals surface area contributed by atoms with Crippen LogP contribution in [0.3, 0.4) is 0 Å². The number of halogens is 5. The number of carbonyl (C=O) groups excluding carboxylic acids is 1. The largest absolute Gasteiger partial charge is 0.416 e. The van der Waals surface area contributed by atoms with Crippen LogP contribution < -0.4 is 5.32 Å². The molecule has 152 valence electrons. The molecule has 1 amide bonds. The Labute approximate surface area is 178 Å². The minimum Gasteiger partial charge on any atom is -0.324 e. The number of amides is 1. The molecule has 29 heavy (non-hydrogen) atoms. The number of carbonyl (C=O) groups is 1. The lowest BCUT2D eigenvalue weighted by molar-refractivity contribution is -0.137. The van der Waals surface area contributed by atoms with Gasteiger partial charge in [-0.25, -0.2) is 0 Å². The molecule has 0 saturated carbocycles. The highest BCUT2D eigenvalue weighted by molar-refractivity contribution is 7.99. The molecule has 5 nitrogen and oxygen atoms in total. The molecule has 0 aliphatic rings. The normalized spacial score (nSPS) is 11.5. The van der Waals surface area contributed by atoms with Crippen LogP contribution in [-0.2, 0) is 18.0 Å². The fourth-order valence-electron chi connectivity index (χ4n) is 2.43. The van der Waals surface area contributed by atoms with E-state index in [1.165, 1.54) is 0 Å². The van der Waals surface area contributed by atoms with E-state index in [4.69, 9.17) is 23.2 Å². The van der Waals surface area contributed by atoms with Crippen LogP contribution in [0.1, 0.15) is 5.56 Å². The zero-order chi connectivity index (χ0) is 21.2. The molecule has 0 bridgehead atoms. The van der Waals surface area contributed by atoms with Gasteiger partial charge in [-0.2, -0.15) is 13.2 Å². The summed E-state index contributed by atoms with van der Waals surface area (Å²) in [7, 11) is 1.72. The average Bonchev–Trinajstić information content (AvgIpc) is 3.02. The van der Waals surface area contributed by atoms with Crippen molar-refractivity contribution < 1.29 is 18.0 Å². The van der Waals surface area contributed by atoms with E-state index in [1.807, 2.05) is 6.07 Å². The zero-order valence-corrected chi connectivity index (χ0v) is 17.1. The third-order valence-electron chi connectivity index (χ3n) is 3.85. The van der Waals surface area contributed by atoms with Crippen LogP contribution in [0, 0.1) is 0 Å². The van der Waals surface area contributed by atoms with E-state index in [0.717, 1.165) is 30.0 Å². The molecule has 0 fully saturated rings. The van der Waals surface area contributed by atoms with Gasteiger partial charge in [-0.05, 0) is 30.3 Å². The number of thioether (sulfide) groups is 1. The molecular weight excluding hydrogens is 448 g/mol. The van der Waals surface area contributed by atoms with E-state index in [-0.39, 0.29) is 16.5 Å². The van der Waals surface area contributed by atoms with Crippen molar-refractivity contribution in [3.63, 3.8) is 0 Å². The highest BCUT2D eigenvalue weighted by Gasteiger charge is 2.31. The van der Waals surface area contributed by atoms with Gasteiger partial charge in [-0.15, -0.1) is 10.2 Å². The number of anilines is 1. The highest BCUT2D eigenvalue weighted by atomic mass is 35.5. The quantitative estimate of drug-likeness (QED) is 0.507. The lowest BCUT2D eigenvalue weighted by atomic mass is 10.2. The van der Waals surface area contributed by atoms with E-state index in [9.17, 15) is 18.0 Å². The fraction of sp³-hybridized carbons (Fsp3) is 0.167. The highest BCUT2D eigenvalue weighted by Crippen LogP contribution is 2.34. The molecule has 1 N–H and O–H groups in total. The third-order valence-corrected chi connectivity index (χ3v) is 5.53. The van der Waals surface area contributed by atoms with Gasteiger partial charge in [0.05, 0.1) is 27.0 Å². The molecule has 0 aliphatic heterocycles. The second-order valence-electron chi connectivity index (χ2n) is 5.87. The number of hydrogen-bond acceptors (Lipinski definition) is 4. The molecule has 0 spiro atoms. The predicted molar refractivity (Wildman–Crippen MR) is 107 cm³/mol. The van der Waals surface area contributed by atoms with E-state index in [0.29, 0.717) is 21.6 Å². The second-order valence-corrected chi connectivity index (χ2v) is 7.63. The van der Waals surface area contributed by atoms with Crippen LogP contribution in [0.15, 0.2) is 47.6 Å². The summed E-state index contributed by atoms with van der Waals surface area (Å²) in [6, 6.07) is 9.86. The van der Waals surface area contributed by atoms with Gasteiger partial charge in [0.25, 0.3) is 0 Å². The van der Waals surface area contributed by atoms with Gasteiger partial charge in [0, 0.05) is 12.6 Å². The van der Waals surface area contributed by atoms with Crippen molar-refractivity contribution in [1.29, 1.82) is 0 Å². The summed E-state index contributed by atoms with van der Waals surface area (Å²) in [5.41, 5.74) is -0.319. The first-order valence-electron chi connectivity index (χ1n) is 8.10. The zero-order valence-electron chi connectivity index (χ0n) is 14.8. The Morgan fingerprint density at radius 2 is 1.86 bits per heavy atom. The van der Waals surface area contributed by atoms with Crippen LogP contribution in [-0.4, -0.2) is 26.4 Å². The van der Waals surface area contributed by atoms with Gasteiger partial charge in [0.2, 0.25) is 5.91 Å². The van der Waals surface area contributed by atoms with Crippen molar-refractivity contribution in [2.75, 3.05) is 11.1 Å². The standard InChI is InChI=1S/C18H13Cl2F3N4OS/c1-27-16(11-4-2-3-5-12(11)19)25-26-17(27)29-9-15(28)24-14-8-10(18(21,22)23)6-7-13(14)20/h2-8H,9H2,1H3,(H,24,28). The number of benzene rings is 2. The average molecular weight is 461 g/mol. The van der Waals surface area contributed by atoms with Gasteiger partial charge in [-0.1, -0.05) is 47.1 Å². The molecule has 0 radical (unpaired) electrons. The molecule has 1 heterocycles. The summed E-state index contributed by atoms with van der Waals surface area (Å²) in [5.74, 6) is -0.0981. The Balaban J connectivity index is 1.69. The van der Waals surface area contributed by atoms with Crippen molar-refractivity contribution in [2.24, 2.45) is 7.05 Å². The summed E-state index contributed by atoms with van der Waals surface area (Å²) in [6.07, 6.45) is -4.54. The molecule has 3 aromatic rings. The molecule has 0 unspecified atom stereocenters. The number of nitrogens with one attached hydrogen (secondary N) is 1. The van der Waals surface area contributed by atoms with E-state index >= 15 is 0 Å². The smallest absolute Gasteiger partial charge is 0.324 e. The molecule has 11 heteroatoms. The minimum atomic E-state index is -4.54. The number of hydrogen-bond donors (Lipinski definition) is 1. The van der Waals surface area contributed by atoms with Gasteiger partial charge in [0.15, 0.2) is 11.0 Å². The fourth-order valence-corrected chi connectivity index (χ4v) is 3.53. The molecule has 2 aromatic carbocycles. The maximum Gasteiger partial charge on any atom is 0.416 e. The maximum absolute atomic E-state index is 12.8. The Morgan fingerprint density at radius 3 is 2.55 bits per heavy atom. The van der Waals surface area contributed by atoms with Crippen LogP contribution >= 0.6 is 35.0 Å². The molecule has 3 rings (SSSR count). The Bertz CT molecular complexity index is 1060. The van der Waals surface area contributed by atoms with E-state index in [1.54, 1.807) is 29.8 Å². The van der Waals surface area contributed by atoms with Gasteiger partial charge in [-0.3, -0.25) is 4.79 Å². The Hall–Kier alpha value is -2.23. The van der Waals surface area contributed by atoms with Crippen molar-refractivity contribution in [1.82, 2.24) is 14.8 Å². The summed E-state index contributed by atoms with van der Waals surface area (Å²) in [4.78, 5) is 12.2. The molecule has 1 aromatic heterocycles.